The summed E-state index contributed by atoms with van der Waals surface area (Å²) in [6.07, 6.45) is 2.45. The third-order valence-electron chi connectivity index (χ3n) is 3.72. The van der Waals surface area contributed by atoms with Crippen molar-refractivity contribution < 1.29 is 9.13 Å². The van der Waals surface area contributed by atoms with Crippen molar-refractivity contribution in [2.75, 3.05) is 23.8 Å². The number of para-hydroxylation sites is 2. The van der Waals surface area contributed by atoms with E-state index in [1.807, 2.05) is 31.2 Å². The van der Waals surface area contributed by atoms with E-state index < -0.39 is 0 Å². The maximum absolute atomic E-state index is 12.9. The molecule has 0 aliphatic heterocycles. The van der Waals surface area contributed by atoms with Crippen molar-refractivity contribution in [3.8, 4) is 5.75 Å². The molecule has 3 aromatic rings. The van der Waals surface area contributed by atoms with Gasteiger partial charge in [0.15, 0.2) is 0 Å². The average Bonchev–Trinajstić information content (AvgIpc) is 2.66. The first-order valence-electron chi connectivity index (χ1n) is 8.55. The Balaban J connectivity index is 1.60. The number of ether oxygens (including phenoxy) is 1. The Hall–Kier alpha value is -3.15. The van der Waals surface area contributed by atoms with E-state index in [0.29, 0.717) is 24.9 Å². The highest BCUT2D eigenvalue weighted by atomic mass is 19.1. The van der Waals surface area contributed by atoms with Gasteiger partial charge in [0.2, 0.25) is 5.95 Å². The predicted octanol–water partition coefficient (Wildman–Crippen LogP) is 4.41. The van der Waals surface area contributed by atoms with Crippen LogP contribution < -0.4 is 15.4 Å². The van der Waals surface area contributed by atoms with Crippen molar-refractivity contribution >= 4 is 17.5 Å². The Morgan fingerprint density at radius 3 is 2.65 bits per heavy atom. The van der Waals surface area contributed by atoms with Gasteiger partial charge in [-0.25, -0.2) is 9.37 Å². The SMILES string of the molecule is CCOc1ccccc1Nc1ccnc(NCCc2ccc(F)cc2)n1. The molecule has 1 heterocycles. The fourth-order valence-corrected chi connectivity index (χ4v) is 2.47. The normalized spacial score (nSPS) is 10.4. The summed E-state index contributed by atoms with van der Waals surface area (Å²) in [6, 6.07) is 16.0. The third kappa shape index (κ3) is 4.92. The fraction of sp³-hybridized carbons (Fsp3) is 0.200. The van der Waals surface area contributed by atoms with Gasteiger partial charge in [-0.05, 0) is 49.2 Å². The van der Waals surface area contributed by atoms with Crippen LogP contribution in [0.1, 0.15) is 12.5 Å². The second kappa shape index (κ2) is 8.80. The van der Waals surface area contributed by atoms with Crippen molar-refractivity contribution in [2.24, 2.45) is 0 Å². The molecule has 0 radical (unpaired) electrons. The highest BCUT2D eigenvalue weighted by Gasteiger charge is 2.05. The number of aromatic nitrogens is 2. The van der Waals surface area contributed by atoms with Gasteiger partial charge >= 0.3 is 0 Å². The summed E-state index contributed by atoms with van der Waals surface area (Å²) >= 11 is 0. The van der Waals surface area contributed by atoms with E-state index in [1.165, 1.54) is 12.1 Å². The molecule has 3 rings (SSSR count). The summed E-state index contributed by atoms with van der Waals surface area (Å²) in [5.74, 6) is 1.76. The van der Waals surface area contributed by atoms with Gasteiger partial charge < -0.3 is 15.4 Å². The summed E-state index contributed by atoms with van der Waals surface area (Å²) in [4.78, 5) is 8.70. The van der Waals surface area contributed by atoms with E-state index in [9.17, 15) is 4.39 Å². The summed E-state index contributed by atoms with van der Waals surface area (Å²) in [5, 5.41) is 6.44. The first-order chi connectivity index (χ1) is 12.7. The molecule has 0 aliphatic rings. The summed E-state index contributed by atoms with van der Waals surface area (Å²) in [5.41, 5.74) is 1.91. The quantitative estimate of drug-likeness (QED) is 0.629. The van der Waals surface area contributed by atoms with Gasteiger partial charge in [0.05, 0.1) is 12.3 Å². The Bertz CT molecular complexity index is 839. The maximum Gasteiger partial charge on any atom is 0.224 e. The van der Waals surface area contributed by atoms with Crippen LogP contribution in [0.4, 0.5) is 21.8 Å². The van der Waals surface area contributed by atoms with Gasteiger partial charge in [0.1, 0.15) is 17.4 Å². The highest BCUT2D eigenvalue weighted by Crippen LogP contribution is 2.26. The van der Waals surface area contributed by atoms with E-state index in [2.05, 4.69) is 20.6 Å². The highest BCUT2D eigenvalue weighted by molar-refractivity contribution is 5.64. The first kappa shape index (κ1) is 17.7. The number of nitrogens with zero attached hydrogens (tertiary/aromatic N) is 2. The fourth-order valence-electron chi connectivity index (χ4n) is 2.47. The smallest absolute Gasteiger partial charge is 0.224 e. The number of anilines is 3. The molecule has 5 nitrogen and oxygen atoms in total. The minimum Gasteiger partial charge on any atom is -0.492 e. The molecular weight excluding hydrogens is 331 g/mol. The standard InChI is InChI=1S/C20H21FN4O/c1-2-26-18-6-4-3-5-17(18)24-19-12-14-23-20(25-19)22-13-11-15-7-9-16(21)10-8-15/h3-10,12,14H,2,11,13H2,1H3,(H2,22,23,24,25). The van der Waals surface area contributed by atoms with Gasteiger partial charge in [-0.2, -0.15) is 4.98 Å². The number of rotatable bonds is 8. The molecule has 26 heavy (non-hydrogen) atoms. The topological polar surface area (TPSA) is 59.1 Å². The summed E-state index contributed by atoms with van der Waals surface area (Å²) in [6.45, 7) is 3.20. The molecule has 0 spiro atoms. The predicted molar refractivity (Wildman–Crippen MR) is 102 cm³/mol. The zero-order valence-corrected chi connectivity index (χ0v) is 14.6. The lowest BCUT2D eigenvalue weighted by Gasteiger charge is -2.12. The Labute approximate surface area is 152 Å². The van der Waals surface area contributed by atoms with E-state index >= 15 is 0 Å². The van der Waals surface area contributed by atoms with Crippen LogP contribution in [-0.4, -0.2) is 23.1 Å². The lowest BCUT2D eigenvalue weighted by Crippen LogP contribution is -2.09. The van der Waals surface area contributed by atoms with Crippen molar-refractivity contribution in [1.82, 2.24) is 9.97 Å². The van der Waals surface area contributed by atoms with Crippen molar-refractivity contribution in [3.05, 3.63) is 72.2 Å². The van der Waals surface area contributed by atoms with Gasteiger partial charge in [0.25, 0.3) is 0 Å². The van der Waals surface area contributed by atoms with Gasteiger partial charge in [-0.1, -0.05) is 24.3 Å². The largest absolute Gasteiger partial charge is 0.492 e. The molecule has 0 fully saturated rings. The molecule has 0 aliphatic carbocycles. The van der Waals surface area contributed by atoms with Crippen LogP contribution in [0.3, 0.4) is 0 Å². The molecule has 0 saturated heterocycles. The number of benzene rings is 2. The second-order valence-corrected chi connectivity index (χ2v) is 5.62. The zero-order chi connectivity index (χ0) is 18.2. The Morgan fingerprint density at radius 2 is 1.85 bits per heavy atom. The molecule has 134 valence electrons. The van der Waals surface area contributed by atoms with Gasteiger partial charge in [-0.3, -0.25) is 0 Å². The van der Waals surface area contributed by atoms with Crippen LogP contribution in [0.5, 0.6) is 5.75 Å². The summed E-state index contributed by atoms with van der Waals surface area (Å²) in [7, 11) is 0. The monoisotopic (exact) mass is 352 g/mol. The van der Waals surface area contributed by atoms with Crippen molar-refractivity contribution in [3.63, 3.8) is 0 Å². The Kier molecular flexibility index (Phi) is 5.98. The number of nitrogens with one attached hydrogen (secondary N) is 2. The van der Waals surface area contributed by atoms with Crippen LogP contribution >= 0.6 is 0 Å². The maximum atomic E-state index is 12.9. The number of hydrogen-bond acceptors (Lipinski definition) is 5. The van der Waals surface area contributed by atoms with Crippen molar-refractivity contribution in [1.29, 1.82) is 0 Å². The summed E-state index contributed by atoms with van der Waals surface area (Å²) < 4.78 is 18.5. The van der Waals surface area contributed by atoms with Crippen LogP contribution in [-0.2, 0) is 6.42 Å². The van der Waals surface area contributed by atoms with Crippen LogP contribution in [0.2, 0.25) is 0 Å². The molecule has 0 amide bonds. The van der Waals surface area contributed by atoms with Gasteiger partial charge in [0, 0.05) is 12.7 Å². The molecule has 2 aromatic carbocycles. The third-order valence-corrected chi connectivity index (χ3v) is 3.72. The van der Waals surface area contributed by atoms with E-state index in [1.54, 1.807) is 24.4 Å². The van der Waals surface area contributed by atoms with E-state index in [-0.39, 0.29) is 5.82 Å². The first-order valence-corrected chi connectivity index (χ1v) is 8.55. The van der Waals surface area contributed by atoms with Gasteiger partial charge in [-0.15, -0.1) is 0 Å². The minimum atomic E-state index is -0.226. The molecule has 0 bridgehead atoms. The Morgan fingerprint density at radius 1 is 1.04 bits per heavy atom. The van der Waals surface area contributed by atoms with Crippen molar-refractivity contribution in [2.45, 2.75) is 13.3 Å². The molecule has 6 heteroatoms. The molecular formula is C20H21FN4O. The van der Waals surface area contributed by atoms with Crippen LogP contribution in [0.25, 0.3) is 0 Å². The molecule has 2 N–H and O–H groups in total. The molecule has 0 atom stereocenters. The lowest BCUT2D eigenvalue weighted by atomic mass is 10.1. The zero-order valence-electron chi connectivity index (χ0n) is 14.6. The molecule has 0 saturated carbocycles. The number of halogens is 1. The van der Waals surface area contributed by atoms with Crippen LogP contribution in [0.15, 0.2) is 60.8 Å². The van der Waals surface area contributed by atoms with E-state index in [4.69, 9.17) is 4.74 Å². The van der Waals surface area contributed by atoms with E-state index in [0.717, 1.165) is 23.4 Å². The lowest BCUT2D eigenvalue weighted by molar-refractivity contribution is 0.342. The second-order valence-electron chi connectivity index (χ2n) is 5.62. The molecule has 1 aromatic heterocycles. The average molecular weight is 352 g/mol. The van der Waals surface area contributed by atoms with Crippen LogP contribution in [0, 0.1) is 5.82 Å². The minimum absolute atomic E-state index is 0.226. The molecule has 0 unspecified atom stereocenters. The number of hydrogen-bond donors (Lipinski definition) is 2.